The van der Waals surface area contributed by atoms with Crippen molar-refractivity contribution < 1.29 is 4.42 Å². The lowest BCUT2D eigenvalue weighted by Gasteiger charge is -1.95. The number of hydrogen-bond donors (Lipinski definition) is 0. The average Bonchev–Trinajstić information content (AvgIpc) is 2.68. The van der Waals surface area contributed by atoms with Gasteiger partial charge < -0.3 is 4.42 Å². The zero-order valence-corrected chi connectivity index (χ0v) is 11.6. The van der Waals surface area contributed by atoms with Crippen LogP contribution < -0.4 is 0 Å². The zero-order chi connectivity index (χ0) is 13.1. The molecule has 0 aliphatic carbocycles. The number of furan rings is 1. The van der Waals surface area contributed by atoms with Gasteiger partial charge in [-0.05, 0) is 23.5 Å². The molecule has 0 fully saturated rings. The highest BCUT2D eigenvalue weighted by atomic mass is 16.3. The lowest BCUT2D eigenvalue weighted by atomic mass is 10.1. The molecule has 1 heterocycles. The van der Waals surface area contributed by atoms with Gasteiger partial charge in [0, 0.05) is 6.42 Å². The van der Waals surface area contributed by atoms with Crippen LogP contribution in [0.5, 0.6) is 0 Å². The third kappa shape index (κ3) is 9.40. The molecule has 1 rings (SSSR count). The molecule has 0 saturated carbocycles. The maximum Gasteiger partial charge on any atom is 0.103 e. The van der Waals surface area contributed by atoms with Crippen molar-refractivity contribution in [2.45, 2.75) is 53.9 Å². The maximum atomic E-state index is 5.28. The van der Waals surface area contributed by atoms with E-state index in [0.717, 1.165) is 18.1 Å². The van der Waals surface area contributed by atoms with Crippen molar-refractivity contribution in [3.8, 4) is 12.8 Å². The Kier molecular flexibility index (Phi) is 11.2. The first-order valence-electron chi connectivity index (χ1n) is 5.88. The van der Waals surface area contributed by atoms with E-state index in [9.17, 15) is 0 Å². The van der Waals surface area contributed by atoms with Crippen molar-refractivity contribution in [1.82, 2.24) is 0 Å². The molecule has 1 aromatic rings. The second kappa shape index (κ2) is 10.4. The van der Waals surface area contributed by atoms with Crippen molar-refractivity contribution >= 4 is 0 Å². The normalized spacial score (nSPS) is 9.12. The van der Waals surface area contributed by atoms with Crippen molar-refractivity contribution in [3.05, 3.63) is 23.7 Å². The summed E-state index contributed by atoms with van der Waals surface area (Å²) < 4.78 is 5.28. The molecule has 0 aromatic carbocycles. The molecule has 0 atom stereocenters. The summed E-state index contributed by atoms with van der Waals surface area (Å²) in [5, 5.41) is 0. The predicted octanol–water partition coefficient (Wildman–Crippen LogP) is 4.88. The molecule has 1 nitrogen and oxygen atoms in total. The van der Waals surface area contributed by atoms with Crippen LogP contribution in [0.15, 0.2) is 16.7 Å². The molecule has 0 radical (unpaired) electrons. The van der Waals surface area contributed by atoms with E-state index in [0.29, 0.717) is 5.92 Å². The number of hydrogen-bond acceptors (Lipinski definition) is 1. The second-order valence-electron chi connectivity index (χ2n) is 4.59. The van der Waals surface area contributed by atoms with Crippen LogP contribution in [0.4, 0.5) is 0 Å². The van der Waals surface area contributed by atoms with Gasteiger partial charge in [-0.25, -0.2) is 0 Å². The topological polar surface area (TPSA) is 13.1 Å². The Hall–Kier alpha value is -1.16. The lowest BCUT2D eigenvalue weighted by Crippen LogP contribution is -1.80. The van der Waals surface area contributed by atoms with Crippen LogP contribution in [0, 0.1) is 18.8 Å². The number of terminal acetylenes is 1. The molecular formula is C15H26O. The van der Waals surface area contributed by atoms with E-state index in [2.05, 4.69) is 60.5 Å². The average molecular weight is 222 g/mol. The Morgan fingerprint density at radius 2 is 1.56 bits per heavy atom. The largest absolute Gasteiger partial charge is 0.469 e. The van der Waals surface area contributed by atoms with Gasteiger partial charge in [0.05, 0.1) is 6.26 Å². The minimum Gasteiger partial charge on any atom is -0.469 e. The quantitative estimate of drug-likeness (QED) is 0.650. The molecule has 16 heavy (non-hydrogen) atoms. The van der Waals surface area contributed by atoms with Crippen LogP contribution >= 0.6 is 0 Å². The van der Waals surface area contributed by atoms with Gasteiger partial charge in [-0.1, -0.05) is 41.5 Å². The van der Waals surface area contributed by atoms with E-state index < -0.39 is 0 Å². The van der Waals surface area contributed by atoms with Gasteiger partial charge in [-0.3, -0.25) is 0 Å². The van der Waals surface area contributed by atoms with Gasteiger partial charge in [0.2, 0.25) is 0 Å². The highest BCUT2D eigenvalue weighted by Crippen LogP contribution is 2.17. The smallest absolute Gasteiger partial charge is 0.103 e. The van der Waals surface area contributed by atoms with Gasteiger partial charge in [-0.2, -0.15) is 0 Å². The molecule has 0 bridgehead atoms. The van der Waals surface area contributed by atoms with E-state index in [1.54, 1.807) is 0 Å². The summed E-state index contributed by atoms with van der Waals surface area (Å²) >= 11 is 0. The summed E-state index contributed by atoms with van der Waals surface area (Å²) in [6, 6.07) is 2.13. The fourth-order valence-electron chi connectivity index (χ4n) is 0.886. The highest BCUT2D eigenvalue weighted by molar-refractivity contribution is 5.15. The standard InChI is InChI=1S/C9H14O.C4H10.C2H2/c1-4-9-5-8(6-10-9)7(2)3;1-4(2)3;1-2/h5-7H,4H2,1-3H3;4H,1-3H3;1-2H. The van der Waals surface area contributed by atoms with Crippen LogP contribution in [0.3, 0.4) is 0 Å². The molecule has 1 heteroatoms. The van der Waals surface area contributed by atoms with Gasteiger partial charge >= 0.3 is 0 Å². The molecule has 0 saturated heterocycles. The first kappa shape index (κ1) is 17.2. The van der Waals surface area contributed by atoms with Crippen molar-refractivity contribution in [2.75, 3.05) is 0 Å². The minimum absolute atomic E-state index is 0.587. The molecular weight excluding hydrogens is 196 g/mol. The summed E-state index contributed by atoms with van der Waals surface area (Å²) in [6.45, 7) is 12.9. The fourth-order valence-corrected chi connectivity index (χ4v) is 0.886. The minimum atomic E-state index is 0.587. The third-order valence-electron chi connectivity index (χ3n) is 1.69. The van der Waals surface area contributed by atoms with E-state index in [4.69, 9.17) is 4.42 Å². The van der Waals surface area contributed by atoms with Gasteiger partial charge in [-0.15, -0.1) is 12.8 Å². The Bertz CT molecular complexity index is 263. The summed E-state index contributed by atoms with van der Waals surface area (Å²) in [5.74, 6) is 2.51. The molecule has 0 N–H and O–H groups in total. The Morgan fingerprint density at radius 1 is 1.12 bits per heavy atom. The van der Waals surface area contributed by atoms with Gasteiger partial charge in [0.25, 0.3) is 0 Å². The molecule has 0 amide bonds. The summed E-state index contributed by atoms with van der Waals surface area (Å²) in [6.07, 6.45) is 10.8. The number of aryl methyl sites for hydroxylation is 1. The first-order chi connectivity index (χ1) is 7.47. The summed E-state index contributed by atoms with van der Waals surface area (Å²) in [4.78, 5) is 0. The molecule has 0 aliphatic rings. The first-order valence-corrected chi connectivity index (χ1v) is 5.88. The van der Waals surface area contributed by atoms with Crippen molar-refractivity contribution in [2.24, 2.45) is 5.92 Å². The van der Waals surface area contributed by atoms with Crippen LogP contribution in [-0.4, -0.2) is 0 Å². The third-order valence-corrected chi connectivity index (χ3v) is 1.69. The fraction of sp³-hybridized carbons (Fsp3) is 0.600. The highest BCUT2D eigenvalue weighted by Gasteiger charge is 2.02. The van der Waals surface area contributed by atoms with E-state index in [1.165, 1.54) is 5.56 Å². The molecule has 0 aliphatic heterocycles. The van der Waals surface area contributed by atoms with Crippen molar-refractivity contribution in [1.29, 1.82) is 0 Å². The van der Waals surface area contributed by atoms with E-state index in [1.807, 2.05) is 6.26 Å². The van der Waals surface area contributed by atoms with Crippen LogP contribution in [0.1, 0.15) is 58.8 Å². The Morgan fingerprint density at radius 3 is 1.75 bits per heavy atom. The van der Waals surface area contributed by atoms with Gasteiger partial charge in [0.15, 0.2) is 0 Å². The van der Waals surface area contributed by atoms with Gasteiger partial charge in [0.1, 0.15) is 5.76 Å². The lowest BCUT2D eigenvalue weighted by molar-refractivity contribution is 0.513. The van der Waals surface area contributed by atoms with Crippen LogP contribution in [-0.2, 0) is 6.42 Å². The summed E-state index contributed by atoms with van der Waals surface area (Å²) in [7, 11) is 0. The van der Waals surface area contributed by atoms with Crippen LogP contribution in [0.2, 0.25) is 0 Å². The zero-order valence-electron chi connectivity index (χ0n) is 11.6. The van der Waals surface area contributed by atoms with E-state index >= 15 is 0 Å². The molecule has 0 spiro atoms. The molecule has 1 aromatic heterocycles. The van der Waals surface area contributed by atoms with Crippen LogP contribution in [0.25, 0.3) is 0 Å². The molecule has 92 valence electrons. The second-order valence-corrected chi connectivity index (χ2v) is 4.59. The predicted molar refractivity (Wildman–Crippen MR) is 72.6 cm³/mol. The number of rotatable bonds is 2. The van der Waals surface area contributed by atoms with E-state index in [-0.39, 0.29) is 0 Å². The summed E-state index contributed by atoms with van der Waals surface area (Å²) in [5.41, 5.74) is 1.30. The maximum absolute atomic E-state index is 5.28. The van der Waals surface area contributed by atoms with Crippen molar-refractivity contribution in [3.63, 3.8) is 0 Å². The monoisotopic (exact) mass is 222 g/mol. The Labute approximate surface area is 101 Å². The molecule has 0 unspecified atom stereocenters. The SMILES string of the molecule is C#C.CC(C)C.CCc1cc(C(C)C)co1. The Balaban J connectivity index is 0.